The fraction of sp³-hybridized carbons (Fsp3) is 0. The van der Waals surface area contributed by atoms with E-state index in [0.717, 1.165) is 61.1 Å². The molecule has 0 amide bonds. The monoisotopic (exact) mass is 710 g/mol. The smallest absolute Gasteiger partial charge is 0.165 e. The van der Waals surface area contributed by atoms with Crippen molar-refractivity contribution in [1.82, 2.24) is 19.1 Å². The molecule has 0 N–H and O–H groups in total. The van der Waals surface area contributed by atoms with Crippen LogP contribution in [0.5, 0.6) is 0 Å². The van der Waals surface area contributed by atoms with E-state index in [1.54, 1.807) is 0 Å². The molecule has 3 heterocycles. The Morgan fingerprint density at radius 1 is 0.357 bits per heavy atom. The lowest BCUT2D eigenvalue weighted by Gasteiger charge is -2.16. The molecule has 258 valence electrons. The zero-order chi connectivity index (χ0) is 36.5. The van der Waals surface area contributed by atoms with E-state index in [1.807, 2.05) is 0 Å². The largest absolute Gasteiger partial charge is 0.309 e. The van der Waals surface area contributed by atoms with Crippen molar-refractivity contribution in [2.75, 3.05) is 0 Å². The van der Waals surface area contributed by atoms with Crippen molar-refractivity contribution < 1.29 is 0 Å². The van der Waals surface area contributed by atoms with Crippen LogP contribution >= 0.6 is 0 Å². The zero-order valence-electron chi connectivity index (χ0n) is 30.1. The van der Waals surface area contributed by atoms with Crippen LogP contribution in [0.2, 0.25) is 0 Å². The Labute approximate surface area is 321 Å². The van der Waals surface area contributed by atoms with Gasteiger partial charge in [0.1, 0.15) is 5.69 Å². The minimum absolute atomic E-state index is 0.822. The van der Waals surface area contributed by atoms with E-state index in [-0.39, 0.29) is 0 Å². The van der Waals surface area contributed by atoms with Crippen LogP contribution in [0.1, 0.15) is 0 Å². The van der Waals surface area contributed by atoms with Gasteiger partial charge in [0.15, 0.2) is 5.82 Å². The Balaban J connectivity index is 1.19. The zero-order valence-corrected chi connectivity index (χ0v) is 30.1. The quantitative estimate of drug-likeness (QED) is 0.171. The van der Waals surface area contributed by atoms with E-state index in [4.69, 9.17) is 9.97 Å². The number of aromatic nitrogens is 4. The van der Waals surface area contributed by atoms with E-state index in [1.165, 1.54) is 60.1 Å². The number of rotatable bonds is 3. The molecule has 1 aliphatic rings. The third-order valence-electron chi connectivity index (χ3n) is 12.0. The fourth-order valence-corrected chi connectivity index (χ4v) is 9.66. The number of nitrogens with zero attached hydrogens (tertiary/aromatic N) is 4. The maximum atomic E-state index is 5.71. The van der Waals surface area contributed by atoms with Gasteiger partial charge in [-0.25, -0.2) is 9.97 Å². The summed E-state index contributed by atoms with van der Waals surface area (Å²) in [5.74, 6) is 0.822. The lowest BCUT2D eigenvalue weighted by atomic mass is 9.93. The van der Waals surface area contributed by atoms with Crippen molar-refractivity contribution in [2.24, 2.45) is 0 Å². The Morgan fingerprint density at radius 2 is 0.982 bits per heavy atom. The molecule has 4 nitrogen and oxygen atoms in total. The number of benzene rings is 9. The van der Waals surface area contributed by atoms with Gasteiger partial charge in [0, 0.05) is 38.2 Å². The van der Waals surface area contributed by atoms with Gasteiger partial charge in [0.2, 0.25) is 0 Å². The lowest BCUT2D eigenvalue weighted by Crippen LogP contribution is -2.04. The summed E-state index contributed by atoms with van der Waals surface area (Å²) in [6.45, 7) is 0. The van der Waals surface area contributed by atoms with E-state index in [9.17, 15) is 0 Å². The molecule has 9 aromatic carbocycles. The average Bonchev–Trinajstić information content (AvgIpc) is 3.74. The number of fused-ring (bicyclic) bond motifs is 9. The molecule has 0 saturated carbocycles. The van der Waals surface area contributed by atoms with Crippen LogP contribution in [0.25, 0.3) is 121 Å². The predicted molar refractivity (Wildman–Crippen MR) is 233 cm³/mol. The summed E-state index contributed by atoms with van der Waals surface area (Å²) in [5, 5.41) is 9.64. The van der Waals surface area contributed by atoms with Crippen molar-refractivity contribution >= 4 is 76.2 Å². The van der Waals surface area contributed by atoms with Gasteiger partial charge in [0.25, 0.3) is 0 Å². The van der Waals surface area contributed by atoms with Crippen LogP contribution in [-0.2, 0) is 0 Å². The van der Waals surface area contributed by atoms with Gasteiger partial charge >= 0.3 is 0 Å². The number of hydrogen-bond donors (Lipinski definition) is 0. The molecule has 0 aliphatic heterocycles. The molecular formula is C52H30N4. The van der Waals surface area contributed by atoms with Gasteiger partial charge in [0.05, 0.1) is 33.1 Å². The molecule has 4 heteroatoms. The minimum atomic E-state index is 0.822. The lowest BCUT2D eigenvalue weighted by molar-refractivity contribution is 1.08. The van der Waals surface area contributed by atoms with Gasteiger partial charge in [-0.2, -0.15) is 0 Å². The van der Waals surface area contributed by atoms with Gasteiger partial charge in [-0.3, -0.25) is 4.57 Å². The molecular weight excluding hydrogens is 681 g/mol. The predicted octanol–water partition coefficient (Wildman–Crippen LogP) is 13.4. The van der Waals surface area contributed by atoms with Crippen LogP contribution in [0, 0.1) is 0 Å². The molecule has 0 bridgehead atoms. The van der Waals surface area contributed by atoms with Gasteiger partial charge in [-0.05, 0) is 86.9 Å². The molecule has 56 heavy (non-hydrogen) atoms. The number of para-hydroxylation sites is 2. The molecule has 0 spiro atoms. The summed E-state index contributed by atoms with van der Waals surface area (Å²) in [6.07, 6.45) is 0. The molecule has 12 aromatic rings. The van der Waals surface area contributed by atoms with E-state index < -0.39 is 0 Å². The van der Waals surface area contributed by atoms with Crippen LogP contribution in [0.4, 0.5) is 0 Å². The highest BCUT2D eigenvalue weighted by Crippen LogP contribution is 2.50. The first-order valence-electron chi connectivity index (χ1n) is 19.2. The molecule has 0 radical (unpaired) electrons. The Kier molecular flexibility index (Phi) is 5.86. The maximum absolute atomic E-state index is 5.71. The summed E-state index contributed by atoms with van der Waals surface area (Å²) >= 11 is 0. The Bertz CT molecular complexity index is 3650. The first-order chi connectivity index (χ1) is 27.8. The average molecular weight is 711 g/mol. The maximum Gasteiger partial charge on any atom is 0.165 e. The highest BCUT2D eigenvalue weighted by Gasteiger charge is 2.27. The molecule has 0 fully saturated rings. The molecule has 13 rings (SSSR count). The van der Waals surface area contributed by atoms with E-state index >= 15 is 0 Å². The SMILES string of the molecule is c1ccc(-n2c3ccccc3c3cc(-c4nc5ccc6ccccc6c5nc4-n4c5cccc6c5c5c7c(cccc7ccc54)-c4ccccc4-6)ccc32)cc1. The summed E-state index contributed by atoms with van der Waals surface area (Å²) < 4.78 is 4.75. The van der Waals surface area contributed by atoms with Crippen molar-refractivity contribution in [3.63, 3.8) is 0 Å². The van der Waals surface area contributed by atoms with Crippen LogP contribution in [-0.4, -0.2) is 19.1 Å². The summed E-state index contributed by atoms with van der Waals surface area (Å²) in [5.41, 5.74) is 14.4. The summed E-state index contributed by atoms with van der Waals surface area (Å²) in [6, 6.07) is 65.8. The molecule has 0 saturated heterocycles. The third-order valence-corrected chi connectivity index (χ3v) is 12.0. The van der Waals surface area contributed by atoms with Gasteiger partial charge in [-0.1, -0.05) is 133 Å². The minimum Gasteiger partial charge on any atom is -0.309 e. The van der Waals surface area contributed by atoms with Crippen molar-refractivity contribution in [3.8, 4) is 45.0 Å². The number of hydrogen-bond acceptors (Lipinski definition) is 2. The van der Waals surface area contributed by atoms with Crippen LogP contribution < -0.4 is 0 Å². The van der Waals surface area contributed by atoms with Crippen molar-refractivity contribution in [1.29, 1.82) is 0 Å². The second-order valence-electron chi connectivity index (χ2n) is 14.9. The molecule has 0 unspecified atom stereocenters. The first kappa shape index (κ1) is 29.8. The topological polar surface area (TPSA) is 35.6 Å². The summed E-state index contributed by atoms with van der Waals surface area (Å²) in [4.78, 5) is 11.3. The first-order valence-corrected chi connectivity index (χ1v) is 19.2. The van der Waals surface area contributed by atoms with E-state index in [0.29, 0.717) is 0 Å². The van der Waals surface area contributed by atoms with E-state index in [2.05, 4.69) is 191 Å². The Morgan fingerprint density at radius 3 is 1.86 bits per heavy atom. The van der Waals surface area contributed by atoms with Gasteiger partial charge in [-0.15, -0.1) is 0 Å². The van der Waals surface area contributed by atoms with Crippen molar-refractivity contribution in [3.05, 3.63) is 182 Å². The molecule has 1 aliphatic carbocycles. The highest BCUT2D eigenvalue weighted by atomic mass is 15.1. The highest BCUT2D eigenvalue weighted by molar-refractivity contribution is 6.30. The second kappa shape index (κ2) is 11.0. The Hall–Kier alpha value is -7.56. The van der Waals surface area contributed by atoms with Gasteiger partial charge < -0.3 is 4.57 Å². The van der Waals surface area contributed by atoms with Crippen LogP contribution in [0.15, 0.2) is 182 Å². The standard InChI is InChI=1S/C52H30N4/c1-2-14-34(15-3-1)55-43-22-9-8-19-38(43)41-30-33(26-28-44(41)55)50-52(54-51-35-16-5-4-12-31(35)24-27-42(51)53-50)56-45-23-11-21-40-37-18-7-6-17-36(37)39-20-10-13-32-25-29-46(56)49(47(32)39)48(40)45/h1-30H. The van der Waals surface area contributed by atoms with Crippen molar-refractivity contribution in [2.45, 2.75) is 0 Å². The second-order valence-corrected chi connectivity index (χ2v) is 14.9. The third kappa shape index (κ3) is 3.92. The van der Waals surface area contributed by atoms with Crippen LogP contribution in [0.3, 0.4) is 0 Å². The molecule has 0 atom stereocenters. The normalized spacial score (nSPS) is 12.3. The molecule has 3 aromatic heterocycles. The summed E-state index contributed by atoms with van der Waals surface area (Å²) in [7, 11) is 0. The fourth-order valence-electron chi connectivity index (χ4n) is 9.66.